The van der Waals surface area contributed by atoms with Crippen LogP contribution in [0.1, 0.15) is 23.6 Å². The Morgan fingerprint density at radius 1 is 1.10 bits per heavy atom. The van der Waals surface area contributed by atoms with E-state index >= 15 is 0 Å². The first kappa shape index (κ1) is 21.6. The summed E-state index contributed by atoms with van der Waals surface area (Å²) in [7, 11) is 0. The summed E-state index contributed by atoms with van der Waals surface area (Å²) in [6.07, 6.45) is 3.10. The molecule has 0 fully saturated rings. The molecule has 0 spiro atoms. The molecule has 0 unspecified atom stereocenters. The molecule has 2 aromatic carbocycles. The number of halogens is 1. The van der Waals surface area contributed by atoms with Gasteiger partial charge in [0.2, 0.25) is 5.91 Å². The van der Waals surface area contributed by atoms with Crippen molar-refractivity contribution < 1.29 is 19.1 Å². The molecule has 0 bridgehead atoms. The molecule has 1 aliphatic rings. The van der Waals surface area contributed by atoms with E-state index in [-0.39, 0.29) is 31.5 Å². The number of benzene rings is 2. The maximum Gasteiger partial charge on any atom is 0.326 e. The van der Waals surface area contributed by atoms with Gasteiger partial charge >= 0.3 is 5.97 Å². The van der Waals surface area contributed by atoms with E-state index in [4.69, 9.17) is 16.3 Å². The quantitative estimate of drug-likeness (QED) is 0.537. The van der Waals surface area contributed by atoms with Crippen molar-refractivity contribution in [1.29, 1.82) is 0 Å². The van der Waals surface area contributed by atoms with Gasteiger partial charge in [-0.15, -0.1) is 0 Å². The molecule has 0 atom stereocenters. The lowest BCUT2D eigenvalue weighted by atomic mass is 10.0. The highest BCUT2D eigenvalue weighted by Gasteiger charge is 2.33. The van der Waals surface area contributed by atoms with Crippen LogP contribution in [0.5, 0.6) is 0 Å². The lowest BCUT2D eigenvalue weighted by Crippen LogP contribution is -2.49. The normalized spacial score (nSPS) is 13.5. The van der Waals surface area contributed by atoms with Crippen LogP contribution in [-0.2, 0) is 19.1 Å². The summed E-state index contributed by atoms with van der Waals surface area (Å²) in [5.41, 5.74) is 3.88. The van der Waals surface area contributed by atoms with Gasteiger partial charge in [-0.2, -0.15) is 0 Å². The molecule has 0 saturated carbocycles. The number of anilines is 2. The highest BCUT2D eigenvalue weighted by atomic mass is 35.5. The van der Waals surface area contributed by atoms with E-state index in [9.17, 15) is 14.4 Å². The largest absolute Gasteiger partial charge is 0.465 e. The molecule has 156 valence electrons. The number of carbonyl (C=O) groups is 3. The van der Waals surface area contributed by atoms with Gasteiger partial charge in [0.05, 0.1) is 18.0 Å². The molecule has 0 aromatic heterocycles. The maximum atomic E-state index is 12.9. The van der Waals surface area contributed by atoms with Gasteiger partial charge in [0.1, 0.15) is 13.1 Å². The van der Waals surface area contributed by atoms with Gasteiger partial charge in [-0.05, 0) is 67.8 Å². The second-order valence-electron chi connectivity index (χ2n) is 7.02. The van der Waals surface area contributed by atoms with Crippen LogP contribution in [0.4, 0.5) is 11.4 Å². The standard InChI is InChI=1S/C23H23ClN2O4/c1-4-30-23(29)14-26-20-12-16(3)15(2)11-19(20)25(13-22(26)28)21(27)10-7-17-5-8-18(24)9-6-17/h5-12H,4,13-14H2,1-3H3/b10-7+. The van der Waals surface area contributed by atoms with Crippen LogP contribution < -0.4 is 9.80 Å². The summed E-state index contributed by atoms with van der Waals surface area (Å²) in [4.78, 5) is 40.5. The van der Waals surface area contributed by atoms with Gasteiger partial charge in [0.25, 0.3) is 5.91 Å². The molecule has 1 heterocycles. The van der Waals surface area contributed by atoms with Gasteiger partial charge in [-0.25, -0.2) is 0 Å². The summed E-state index contributed by atoms with van der Waals surface area (Å²) in [6.45, 7) is 5.47. The molecule has 0 saturated heterocycles. The molecule has 0 radical (unpaired) electrons. The van der Waals surface area contributed by atoms with Gasteiger partial charge in [-0.3, -0.25) is 24.2 Å². The number of hydrogen-bond acceptors (Lipinski definition) is 4. The molecule has 0 aliphatic carbocycles. The van der Waals surface area contributed by atoms with Crippen LogP contribution in [0.25, 0.3) is 6.08 Å². The van der Waals surface area contributed by atoms with Gasteiger partial charge in [0, 0.05) is 11.1 Å². The second kappa shape index (κ2) is 9.13. The number of aryl methyl sites for hydroxylation is 2. The van der Waals surface area contributed by atoms with E-state index in [0.29, 0.717) is 16.4 Å². The van der Waals surface area contributed by atoms with Gasteiger partial charge < -0.3 is 4.74 Å². The SMILES string of the molecule is CCOC(=O)CN1C(=O)CN(C(=O)/C=C/c2ccc(Cl)cc2)c2cc(C)c(C)cc21. The Bertz CT molecular complexity index is 1010. The van der Waals surface area contributed by atoms with Crippen molar-refractivity contribution in [2.75, 3.05) is 29.5 Å². The first-order chi connectivity index (χ1) is 14.3. The van der Waals surface area contributed by atoms with Crippen LogP contribution >= 0.6 is 11.6 Å². The first-order valence-corrected chi connectivity index (χ1v) is 10.00. The van der Waals surface area contributed by atoms with E-state index < -0.39 is 5.97 Å². The summed E-state index contributed by atoms with van der Waals surface area (Å²) in [6, 6.07) is 10.8. The van der Waals surface area contributed by atoms with E-state index in [1.54, 1.807) is 37.3 Å². The van der Waals surface area contributed by atoms with Crippen molar-refractivity contribution in [3.63, 3.8) is 0 Å². The van der Waals surface area contributed by atoms with Gasteiger partial charge in [-0.1, -0.05) is 23.7 Å². The minimum Gasteiger partial charge on any atom is -0.465 e. The highest BCUT2D eigenvalue weighted by molar-refractivity contribution is 6.30. The molecule has 0 N–H and O–H groups in total. The van der Waals surface area contributed by atoms with Crippen molar-refractivity contribution in [1.82, 2.24) is 0 Å². The molecule has 1 aliphatic heterocycles. The summed E-state index contributed by atoms with van der Waals surface area (Å²) in [5, 5.41) is 0.613. The average Bonchev–Trinajstić information content (AvgIpc) is 2.71. The van der Waals surface area contributed by atoms with Crippen LogP contribution in [0.15, 0.2) is 42.5 Å². The molecule has 3 rings (SSSR count). The predicted molar refractivity (Wildman–Crippen MR) is 118 cm³/mol. The maximum absolute atomic E-state index is 12.9. The van der Waals surface area contributed by atoms with Crippen LogP contribution in [0.2, 0.25) is 5.02 Å². The minimum absolute atomic E-state index is 0.154. The molecule has 2 amide bonds. The zero-order valence-electron chi connectivity index (χ0n) is 17.1. The average molecular weight is 427 g/mol. The molecular weight excluding hydrogens is 404 g/mol. The summed E-state index contributed by atoms with van der Waals surface area (Å²) in [5.74, 6) is -1.15. The molecule has 6 nitrogen and oxygen atoms in total. The fourth-order valence-electron chi connectivity index (χ4n) is 3.20. The number of rotatable bonds is 5. The third-order valence-corrected chi connectivity index (χ3v) is 5.17. The molecule has 30 heavy (non-hydrogen) atoms. The first-order valence-electron chi connectivity index (χ1n) is 9.62. The Labute approximate surface area is 180 Å². The topological polar surface area (TPSA) is 66.9 Å². The lowest BCUT2D eigenvalue weighted by molar-refractivity contribution is -0.142. The number of esters is 1. The molecular formula is C23H23ClN2O4. The van der Waals surface area contributed by atoms with Crippen molar-refractivity contribution in [3.05, 3.63) is 64.2 Å². The summed E-state index contributed by atoms with van der Waals surface area (Å²) >= 11 is 5.89. The zero-order chi connectivity index (χ0) is 21.8. The van der Waals surface area contributed by atoms with Crippen LogP contribution in [0.3, 0.4) is 0 Å². The van der Waals surface area contributed by atoms with Crippen molar-refractivity contribution in [2.45, 2.75) is 20.8 Å². The second-order valence-corrected chi connectivity index (χ2v) is 7.46. The van der Waals surface area contributed by atoms with E-state index in [1.807, 2.05) is 26.0 Å². The smallest absolute Gasteiger partial charge is 0.326 e. The number of fused-ring (bicyclic) bond motifs is 1. The highest BCUT2D eigenvalue weighted by Crippen LogP contribution is 2.36. The molecule has 2 aromatic rings. The number of amides is 2. The Balaban J connectivity index is 1.93. The number of ether oxygens (including phenoxy) is 1. The Kier molecular flexibility index (Phi) is 6.57. The third-order valence-electron chi connectivity index (χ3n) is 4.91. The number of nitrogens with zero attached hydrogens (tertiary/aromatic N) is 2. The van der Waals surface area contributed by atoms with Crippen molar-refractivity contribution in [3.8, 4) is 0 Å². The Morgan fingerprint density at radius 3 is 2.37 bits per heavy atom. The Morgan fingerprint density at radius 2 is 1.73 bits per heavy atom. The number of hydrogen-bond donors (Lipinski definition) is 0. The monoisotopic (exact) mass is 426 g/mol. The molecule has 7 heteroatoms. The van der Waals surface area contributed by atoms with Crippen molar-refractivity contribution in [2.24, 2.45) is 0 Å². The van der Waals surface area contributed by atoms with Gasteiger partial charge in [0.15, 0.2) is 0 Å². The lowest BCUT2D eigenvalue weighted by Gasteiger charge is -2.36. The fourth-order valence-corrected chi connectivity index (χ4v) is 3.32. The summed E-state index contributed by atoms with van der Waals surface area (Å²) < 4.78 is 5.00. The number of carbonyl (C=O) groups excluding carboxylic acids is 3. The zero-order valence-corrected chi connectivity index (χ0v) is 17.9. The Hall–Kier alpha value is -3.12. The van der Waals surface area contributed by atoms with E-state index in [0.717, 1.165) is 16.7 Å². The predicted octanol–water partition coefficient (Wildman–Crippen LogP) is 3.91. The van der Waals surface area contributed by atoms with Crippen LogP contribution in [-0.4, -0.2) is 37.5 Å². The van der Waals surface area contributed by atoms with E-state index in [1.165, 1.54) is 15.9 Å². The van der Waals surface area contributed by atoms with E-state index in [2.05, 4.69) is 0 Å². The minimum atomic E-state index is -0.488. The van der Waals surface area contributed by atoms with Crippen LogP contribution in [0, 0.1) is 13.8 Å². The third kappa shape index (κ3) is 4.71. The van der Waals surface area contributed by atoms with Crippen molar-refractivity contribution >= 4 is 46.8 Å². The fraction of sp³-hybridized carbons (Fsp3) is 0.261.